The SMILES string of the molecule is COCCCN1C(=O)C(=O)C(=C(O)c2ccccc2)[C@H]1c1cccc(Br)c1. The van der Waals surface area contributed by atoms with E-state index in [4.69, 9.17) is 4.74 Å². The van der Waals surface area contributed by atoms with Crippen molar-refractivity contribution in [3.05, 3.63) is 75.8 Å². The molecule has 3 rings (SSSR count). The van der Waals surface area contributed by atoms with Crippen LogP contribution in [0.1, 0.15) is 23.6 Å². The van der Waals surface area contributed by atoms with Crippen molar-refractivity contribution in [2.24, 2.45) is 0 Å². The topological polar surface area (TPSA) is 66.8 Å². The van der Waals surface area contributed by atoms with Crippen LogP contribution in [0.15, 0.2) is 64.6 Å². The highest BCUT2D eigenvalue weighted by atomic mass is 79.9. The van der Waals surface area contributed by atoms with Crippen LogP contribution >= 0.6 is 15.9 Å². The third-order valence-electron chi connectivity index (χ3n) is 4.50. The number of ether oxygens (including phenoxy) is 1. The molecule has 0 aromatic heterocycles. The summed E-state index contributed by atoms with van der Waals surface area (Å²) >= 11 is 3.44. The smallest absolute Gasteiger partial charge is 0.295 e. The number of Topliss-reactive ketones (excluding diaryl/α,β-unsaturated/α-hetero) is 1. The van der Waals surface area contributed by atoms with Crippen LogP contribution in [0.4, 0.5) is 0 Å². The van der Waals surface area contributed by atoms with Crippen molar-refractivity contribution in [1.29, 1.82) is 0 Å². The Bertz CT molecular complexity index is 879. The second-order valence-corrected chi connectivity index (χ2v) is 7.18. The van der Waals surface area contributed by atoms with E-state index in [-0.39, 0.29) is 11.3 Å². The first-order valence-corrected chi connectivity index (χ1v) is 9.42. The van der Waals surface area contributed by atoms with Crippen molar-refractivity contribution in [2.75, 3.05) is 20.3 Å². The predicted molar refractivity (Wildman–Crippen MR) is 106 cm³/mol. The number of benzene rings is 2. The Hall–Kier alpha value is -2.44. The lowest BCUT2D eigenvalue weighted by Crippen LogP contribution is -2.31. The van der Waals surface area contributed by atoms with Crippen molar-refractivity contribution in [3.63, 3.8) is 0 Å². The summed E-state index contributed by atoms with van der Waals surface area (Å²) in [6.45, 7) is 0.841. The monoisotopic (exact) mass is 429 g/mol. The lowest BCUT2D eigenvalue weighted by atomic mass is 9.95. The van der Waals surface area contributed by atoms with Gasteiger partial charge in [0.05, 0.1) is 11.6 Å². The zero-order valence-corrected chi connectivity index (χ0v) is 16.5. The first kappa shape index (κ1) is 19.3. The first-order chi connectivity index (χ1) is 13.0. The third-order valence-corrected chi connectivity index (χ3v) is 4.99. The number of hydrogen-bond donors (Lipinski definition) is 1. The molecule has 2 aromatic carbocycles. The second kappa shape index (κ2) is 8.50. The van der Waals surface area contributed by atoms with Crippen molar-refractivity contribution < 1.29 is 19.4 Å². The van der Waals surface area contributed by atoms with Gasteiger partial charge in [-0.05, 0) is 24.1 Å². The lowest BCUT2D eigenvalue weighted by Gasteiger charge is -2.25. The number of hydrogen-bond acceptors (Lipinski definition) is 4. The quantitative estimate of drug-likeness (QED) is 0.327. The molecule has 0 spiro atoms. The van der Waals surface area contributed by atoms with E-state index < -0.39 is 17.7 Å². The first-order valence-electron chi connectivity index (χ1n) is 8.63. The second-order valence-electron chi connectivity index (χ2n) is 6.26. The van der Waals surface area contributed by atoms with E-state index in [0.717, 1.165) is 10.0 Å². The molecule has 1 N–H and O–H groups in total. The number of ketones is 1. The number of likely N-dealkylation sites (tertiary alicyclic amines) is 1. The number of carbonyl (C=O) groups excluding carboxylic acids is 2. The fourth-order valence-corrected chi connectivity index (χ4v) is 3.68. The fourth-order valence-electron chi connectivity index (χ4n) is 3.26. The molecule has 2 aromatic rings. The maximum atomic E-state index is 12.8. The molecule has 0 unspecified atom stereocenters. The van der Waals surface area contributed by atoms with Crippen LogP contribution < -0.4 is 0 Å². The number of rotatable bonds is 6. The molecular formula is C21H20BrNO4. The number of methoxy groups -OCH3 is 1. The largest absolute Gasteiger partial charge is 0.507 e. The summed E-state index contributed by atoms with van der Waals surface area (Å²) in [7, 11) is 1.59. The summed E-state index contributed by atoms with van der Waals surface area (Å²) in [5.41, 5.74) is 1.38. The molecule has 0 aliphatic carbocycles. The molecular weight excluding hydrogens is 410 g/mol. The van der Waals surface area contributed by atoms with Gasteiger partial charge >= 0.3 is 0 Å². The molecule has 1 atom stereocenters. The maximum absolute atomic E-state index is 12.8. The zero-order valence-electron chi connectivity index (χ0n) is 14.9. The standard InChI is InChI=1S/C21H20BrNO4/c1-27-12-6-11-23-18(15-9-5-10-16(22)13-15)17(20(25)21(23)26)19(24)14-7-3-2-4-8-14/h2-5,7-10,13,18,24H,6,11-12H2,1H3/t18-/m1/s1. The van der Waals surface area contributed by atoms with Crippen LogP contribution in [-0.4, -0.2) is 42.0 Å². The van der Waals surface area contributed by atoms with Gasteiger partial charge in [0, 0.05) is 30.3 Å². The number of amides is 1. The molecule has 1 fully saturated rings. The van der Waals surface area contributed by atoms with E-state index in [9.17, 15) is 14.7 Å². The molecule has 1 amide bonds. The van der Waals surface area contributed by atoms with Gasteiger partial charge in [-0.3, -0.25) is 9.59 Å². The molecule has 0 saturated carbocycles. The summed E-state index contributed by atoms with van der Waals surface area (Å²) in [5.74, 6) is -1.43. The van der Waals surface area contributed by atoms with Crippen LogP contribution in [0, 0.1) is 0 Å². The molecule has 1 heterocycles. The molecule has 1 aliphatic rings. The van der Waals surface area contributed by atoms with Gasteiger partial charge in [0.15, 0.2) is 0 Å². The Morgan fingerprint density at radius 2 is 1.89 bits per heavy atom. The van der Waals surface area contributed by atoms with Crippen LogP contribution in [0.2, 0.25) is 0 Å². The van der Waals surface area contributed by atoms with E-state index >= 15 is 0 Å². The molecule has 27 heavy (non-hydrogen) atoms. The Morgan fingerprint density at radius 3 is 2.56 bits per heavy atom. The van der Waals surface area contributed by atoms with Crippen molar-refractivity contribution >= 4 is 33.4 Å². The number of halogens is 1. The number of carbonyl (C=O) groups is 2. The summed E-state index contributed by atoms with van der Waals surface area (Å²) in [5, 5.41) is 10.8. The zero-order chi connectivity index (χ0) is 19.4. The van der Waals surface area contributed by atoms with Crippen molar-refractivity contribution in [1.82, 2.24) is 4.90 Å². The molecule has 1 saturated heterocycles. The fraction of sp³-hybridized carbons (Fsp3) is 0.238. The van der Waals surface area contributed by atoms with E-state index in [1.165, 1.54) is 4.90 Å². The van der Waals surface area contributed by atoms with Crippen LogP contribution in [0.3, 0.4) is 0 Å². The van der Waals surface area contributed by atoms with Gasteiger partial charge in [-0.1, -0.05) is 58.4 Å². The van der Waals surface area contributed by atoms with E-state index in [0.29, 0.717) is 25.1 Å². The molecule has 5 nitrogen and oxygen atoms in total. The van der Waals surface area contributed by atoms with Gasteiger partial charge in [-0.2, -0.15) is 0 Å². The van der Waals surface area contributed by atoms with Gasteiger partial charge < -0.3 is 14.7 Å². The highest BCUT2D eigenvalue weighted by Crippen LogP contribution is 2.39. The Labute approximate surface area is 166 Å². The Kier molecular flexibility index (Phi) is 6.08. The van der Waals surface area contributed by atoms with Crippen molar-refractivity contribution in [3.8, 4) is 0 Å². The van der Waals surface area contributed by atoms with Gasteiger partial charge in [-0.15, -0.1) is 0 Å². The predicted octanol–water partition coefficient (Wildman–Crippen LogP) is 3.91. The van der Waals surface area contributed by atoms with E-state index in [1.54, 1.807) is 31.4 Å². The number of aliphatic hydroxyl groups excluding tert-OH is 1. The normalized spacial score (nSPS) is 18.9. The van der Waals surface area contributed by atoms with Crippen LogP contribution in [-0.2, 0) is 14.3 Å². The third kappa shape index (κ3) is 3.96. The summed E-state index contributed by atoms with van der Waals surface area (Å²) in [4.78, 5) is 27.0. The number of nitrogens with zero attached hydrogens (tertiary/aromatic N) is 1. The van der Waals surface area contributed by atoms with E-state index in [2.05, 4.69) is 15.9 Å². The van der Waals surface area contributed by atoms with Crippen LogP contribution in [0.5, 0.6) is 0 Å². The summed E-state index contributed by atoms with van der Waals surface area (Å²) in [6.07, 6.45) is 0.597. The summed E-state index contributed by atoms with van der Waals surface area (Å²) < 4.78 is 5.91. The minimum Gasteiger partial charge on any atom is -0.507 e. The molecule has 0 bridgehead atoms. The van der Waals surface area contributed by atoms with Gasteiger partial charge in [-0.25, -0.2) is 0 Å². The number of aliphatic hydroxyl groups is 1. The minimum absolute atomic E-state index is 0.113. The van der Waals surface area contributed by atoms with Gasteiger partial charge in [0.1, 0.15) is 5.76 Å². The minimum atomic E-state index is -0.668. The summed E-state index contributed by atoms with van der Waals surface area (Å²) in [6, 6.07) is 15.6. The van der Waals surface area contributed by atoms with E-state index in [1.807, 2.05) is 30.3 Å². The highest BCUT2D eigenvalue weighted by Gasteiger charge is 2.45. The molecule has 6 heteroatoms. The molecule has 1 aliphatic heterocycles. The van der Waals surface area contributed by atoms with Crippen molar-refractivity contribution in [2.45, 2.75) is 12.5 Å². The average Bonchev–Trinajstić information content (AvgIpc) is 2.93. The Morgan fingerprint density at radius 1 is 1.15 bits per heavy atom. The molecule has 140 valence electrons. The lowest BCUT2D eigenvalue weighted by molar-refractivity contribution is -0.140. The molecule has 0 radical (unpaired) electrons. The highest BCUT2D eigenvalue weighted by molar-refractivity contribution is 9.10. The average molecular weight is 430 g/mol. The van der Waals surface area contributed by atoms with Gasteiger partial charge in [0.2, 0.25) is 0 Å². The van der Waals surface area contributed by atoms with Gasteiger partial charge in [0.25, 0.3) is 11.7 Å². The maximum Gasteiger partial charge on any atom is 0.295 e. The van der Waals surface area contributed by atoms with Crippen LogP contribution in [0.25, 0.3) is 5.76 Å². The Balaban J connectivity index is 2.12.